The molecule has 0 bridgehead atoms. The highest BCUT2D eigenvalue weighted by atomic mass is 35.5. The summed E-state index contributed by atoms with van der Waals surface area (Å²) in [5.41, 5.74) is 0.770. The zero-order valence-electron chi connectivity index (χ0n) is 12.7. The molecule has 1 unspecified atom stereocenters. The minimum atomic E-state index is -0.397. The molecule has 2 aromatic carbocycles. The Bertz CT molecular complexity index is 920. The number of ether oxygens (including phenoxy) is 2. The number of benzene rings is 2. The summed E-state index contributed by atoms with van der Waals surface area (Å²) < 4.78 is 11.3. The fourth-order valence-corrected chi connectivity index (χ4v) is 3.14. The number of pyridine rings is 1. The van der Waals surface area contributed by atoms with Crippen molar-refractivity contribution < 1.29 is 14.3 Å². The summed E-state index contributed by atoms with van der Waals surface area (Å²) in [5, 5.41) is 2.36. The van der Waals surface area contributed by atoms with Gasteiger partial charge in [-0.15, -0.1) is 0 Å². The number of hydrogen-bond acceptors (Lipinski definition) is 4. The van der Waals surface area contributed by atoms with E-state index in [1.165, 1.54) is 0 Å². The summed E-state index contributed by atoms with van der Waals surface area (Å²) in [7, 11) is 0. The van der Waals surface area contributed by atoms with Crippen molar-refractivity contribution in [2.45, 2.75) is 12.3 Å². The number of nitrogens with zero attached hydrogens (tertiary/aromatic N) is 1. The minimum absolute atomic E-state index is 0.319. The molecule has 1 aliphatic heterocycles. The third kappa shape index (κ3) is 2.69. The van der Waals surface area contributed by atoms with E-state index in [-0.39, 0.29) is 5.97 Å². The average molecular weight is 340 g/mol. The van der Waals surface area contributed by atoms with Crippen molar-refractivity contribution in [3.8, 4) is 11.5 Å². The number of fused-ring (bicyclic) bond motifs is 2. The fourth-order valence-electron chi connectivity index (χ4n) is 2.96. The van der Waals surface area contributed by atoms with Gasteiger partial charge >= 0.3 is 5.97 Å². The molecule has 0 spiro atoms. The molecule has 0 saturated heterocycles. The van der Waals surface area contributed by atoms with E-state index in [1.807, 2.05) is 24.3 Å². The number of halogens is 1. The summed E-state index contributed by atoms with van der Waals surface area (Å²) in [6.45, 7) is 0.474. The van der Waals surface area contributed by atoms with E-state index in [0.29, 0.717) is 29.5 Å². The number of aromatic nitrogens is 1. The van der Waals surface area contributed by atoms with E-state index in [4.69, 9.17) is 21.1 Å². The number of rotatable bonds is 2. The van der Waals surface area contributed by atoms with Crippen LogP contribution in [0.3, 0.4) is 0 Å². The summed E-state index contributed by atoms with van der Waals surface area (Å²) in [5.74, 6) is 0.434. The Kier molecular flexibility index (Phi) is 3.82. The number of carbonyl (C=O) groups is 1. The van der Waals surface area contributed by atoms with Gasteiger partial charge in [-0.2, -0.15) is 0 Å². The predicted octanol–water partition coefficient (Wildman–Crippen LogP) is 4.36. The van der Waals surface area contributed by atoms with Gasteiger partial charge in [0.15, 0.2) is 5.75 Å². The molecule has 0 N–H and O–H groups in total. The quantitative estimate of drug-likeness (QED) is 0.651. The van der Waals surface area contributed by atoms with Crippen LogP contribution in [0.25, 0.3) is 10.8 Å². The average Bonchev–Trinajstić information content (AvgIpc) is 2.61. The molecule has 120 valence electrons. The van der Waals surface area contributed by atoms with Crippen LogP contribution in [0.5, 0.6) is 11.5 Å². The maximum Gasteiger partial charge on any atom is 0.319 e. The predicted molar refractivity (Wildman–Crippen MR) is 91.7 cm³/mol. The zero-order chi connectivity index (χ0) is 16.5. The number of esters is 1. The molecule has 0 fully saturated rings. The van der Waals surface area contributed by atoms with E-state index in [0.717, 1.165) is 16.3 Å². The van der Waals surface area contributed by atoms with Gasteiger partial charge in [-0.05, 0) is 24.6 Å². The van der Waals surface area contributed by atoms with Crippen molar-refractivity contribution in [3.05, 3.63) is 65.4 Å². The van der Waals surface area contributed by atoms with Crippen LogP contribution in [0.1, 0.15) is 17.9 Å². The minimum Gasteiger partial charge on any atom is -0.493 e. The van der Waals surface area contributed by atoms with Gasteiger partial charge in [0, 0.05) is 27.6 Å². The Hall–Kier alpha value is -2.59. The molecule has 3 aromatic rings. The molecule has 0 amide bonds. The molecular formula is C19H14ClNO3. The lowest BCUT2D eigenvalue weighted by atomic mass is 9.93. The number of hydrogen-bond donors (Lipinski definition) is 0. The lowest BCUT2D eigenvalue weighted by molar-refractivity contribution is -0.136. The smallest absolute Gasteiger partial charge is 0.319 e. The molecule has 4 rings (SSSR count). The molecule has 1 atom stereocenters. The highest BCUT2D eigenvalue weighted by Crippen LogP contribution is 2.37. The van der Waals surface area contributed by atoms with E-state index in [2.05, 4.69) is 4.98 Å². The first-order valence-corrected chi connectivity index (χ1v) is 8.07. The van der Waals surface area contributed by atoms with Crippen LogP contribution in [-0.4, -0.2) is 17.6 Å². The van der Waals surface area contributed by atoms with Gasteiger partial charge in [0.05, 0.1) is 18.7 Å². The third-order valence-corrected chi connectivity index (χ3v) is 4.37. The molecule has 0 aliphatic carbocycles. The van der Waals surface area contributed by atoms with Crippen LogP contribution in [0.4, 0.5) is 0 Å². The molecular weight excluding hydrogens is 326 g/mol. The number of carbonyl (C=O) groups excluding carboxylic acids is 1. The summed E-state index contributed by atoms with van der Waals surface area (Å²) >= 11 is 6.07. The van der Waals surface area contributed by atoms with Crippen molar-refractivity contribution in [2.24, 2.45) is 0 Å². The summed E-state index contributed by atoms with van der Waals surface area (Å²) in [4.78, 5) is 16.9. The second kappa shape index (κ2) is 6.13. The van der Waals surface area contributed by atoms with Gasteiger partial charge in [-0.25, -0.2) is 0 Å². The van der Waals surface area contributed by atoms with Crippen LogP contribution in [-0.2, 0) is 4.79 Å². The van der Waals surface area contributed by atoms with Crippen LogP contribution >= 0.6 is 11.6 Å². The first kappa shape index (κ1) is 15.0. The first-order valence-electron chi connectivity index (χ1n) is 7.69. The van der Waals surface area contributed by atoms with Crippen LogP contribution in [0, 0.1) is 0 Å². The molecule has 4 nitrogen and oxygen atoms in total. The van der Waals surface area contributed by atoms with Gasteiger partial charge in [0.2, 0.25) is 0 Å². The monoisotopic (exact) mass is 339 g/mol. The third-order valence-electron chi connectivity index (χ3n) is 4.14. The highest BCUT2D eigenvalue weighted by Gasteiger charge is 2.30. The molecule has 1 aromatic heterocycles. The maximum atomic E-state index is 12.7. The molecule has 1 aliphatic rings. The first-order chi connectivity index (χ1) is 11.7. The Morgan fingerprint density at radius 1 is 1.21 bits per heavy atom. The van der Waals surface area contributed by atoms with Gasteiger partial charge in [0.1, 0.15) is 5.75 Å². The molecule has 5 heteroatoms. The van der Waals surface area contributed by atoms with Crippen molar-refractivity contribution in [3.63, 3.8) is 0 Å². The van der Waals surface area contributed by atoms with Gasteiger partial charge in [0.25, 0.3) is 0 Å². The molecule has 0 radical (unpaired) electrons. The summed E-state index contributed by atoms with van der Waals surface area (Å²) in [6.07, 6.45) is 3.87. The van der Waals surface area contributed by atoms with E-state index in [1.54, 1.807) is 30.6 Å². The molecule has 2 heterocycles. The Labute approximate surface area is 144 Å². The Morgan fingerprint density at radius 3 is 3.00 bits per heavy atom. The lowest BCUT2D eigenvalue weighted by Crippen LogP contribution is -2.25. The van der Waals surface area contributed by atoms with E-state index >= 15 is 0 Å². The second-order valence-electron chi connectivity index (χ2n) is 5.65. The van der Waals surface area contributed by atoms with Crippen molar-refractivity contribution in [2.75, 3.05) is 6.61 Å². The maximum absolute atomic E-state index is 12.7. The van der Waals surface area contributed by atoms with E-state index < -0.39 is 5.92 Å². The molecule has 24 heavy (non-hydrogen) atoms. The SMILES string of the molecule is O=C(Oc1cncc2ccccc12)C1CCOc2ccc(Cl)cc21. The van der Waals surface area contributed by atoms with Crippen molar-refractivity contribution in [1.29, 1.82) is 0 Å². The van der Waals surface area contributed by atoms with Crippen molar-refractivity contribution in [1.82, 2.24) is 4.98 Å². The summed E-state index contributed by atoms with van der Waals surface area (Å²) in [6, 6.07) is 13.0. The van der Waals surface area contributed by atoms with Crippen LogP contribution < -0.4 is 9.47 Å². The topological polar surface area (TPSA) is 48.4 Å². The van der Waals surface area contributed by atoms with Crippen LogP contribution in [0.15, 0.2) is 54.9 Å². The van der Waals surface area contributed by atoms with Gasteiger partial charge < -0.3 is 9.47 Å². The van der Waals surface area contributed by atoms with Crippen molar-refractivity contribution >= 4 is 28.3 Å². The fraction of sp³-hybridized carbons (Fsp3) is 0.158. The zero-order valence-corrected chi connectivity index (χ0v) is 13.5. The largest absolute Gasteiger partial charge is 0.493 e. The normalized spacial score (nSPS) is 16.3. The second-order valence-corrected chi connectivity index (χ2v) is 6.09. The van der Waals surface area contributed by atoms with Gasteiger partial charge in [-0.1, -0.05) is 35.9 Å². The highest BCUT2D eigenvalue weighted by molar-refractivity contribution is 6.30. The Morgan fingerprint density at radius 2 is 2.08 bits per heavy atom. The van der Waals surface area contributed by atoms with Gasteiger partial charge in [-0.3, -0.25) is 9.78 Å². The standard InChI is InChI=1S/C19H14ClNO3/c20-13-5-6-17-16(9-13)15(7-8-23-17)19(22)24-18-11-21-10-12-3-1-2-4-14(12)18/h1-6,9-11,15H,7-8H2. The van der Waals surface area contributed by atoms with Crippen LogP contribution in [0.2, 0.25) is 5.02 Å². The van der Waals surface area contributed by atoms with E-state index in [9.17, 15) is 4.79 Å². The Balaban J connectivity index is 1.67. The lowest BCUT2D eigenvalue weighted by Gasteiger charge is -2.24. The molecule has 0 saturated carbocycles.